The van der Waals surface area contributed by atoms with Gasteiger partial charge in [-0.15, -0.1) is 0 Å². The van der Waals surface area contributed by atoms with Crippen LogP contribution in [0.2, 0.25) is 0 Å². The Morgan fingerprint density at radius 1 is 1.11 bits per heavy atom. The summed E-state index contributed by atoms with van der Waals surface area (Å²) in [5, 5.41) is 3.17. The molecule has 1 aliphatic heterocycles. The van der Waals surface area contributed by atoms with Gasteiger partial charge in [-0.1, -0.05) is 42.0 Å². The van der Waals surface area contributed by atoms with E-state index in [1.54, 1.807) is 6.07 Å². The van der Waals surface area contributed by atoms with Gasteiger partial charge in [0.05, 0.1) is 5.69 Å². The lowest BCUT2D eigenvalue weighted by atomic mass is 9.85. The van der Waals surface area contributed by atoms with Gasteiger partial charge in [0.15, 0.2) is 0 Å². The molecule has 2 aromatic carbocycles. The number of anilines is 1. The van der Waals surface area contributed by atoms with Crippen LogP contribution in [0, 0.1) is 12.7 Å². The molecule has 92 valence electrons. The van der Waals surface area contributed by atoms with Crippen LogP contribution in [0.25, 0.3) is 0 Å². The summed E-state index contributed by atoms with van der Waals surface area (Å²) >= 11 is 0. The summed E-state index contributed by atoms with van der Waals surface area (Å²) in [6, 6.07) is 13.9. The minimum absolute atomic E-state index is 0.149. The van der Waals surface area contributed by atoms with E-state index in [1.165, 1.54) is 17.2 Å². The summed E-state index contributed by atoms with van der Waals surface area (Å²) < 4.78 is 13.8. The van der Waals surface area contributed by atoms with Crippen LogP contribution >= 0.6 is 0 Å². The Hall–Kier alpha value is -1.83. The van der Waals surface area contributed by atoms with Crippen LogP contribution in [0.5, 0.6) is 0 Å². The Kier molecular flexibility index (Phi) is 2.78. The number of halogens is 1. The number of nitrogens with one attached hydrogen (secondary N) is 1. The van der Waals surface area contributed by atoms with Gasteiger partial charge in [0, 0.05) is 12.5 Å². The molecule has 1 heterocycles. The van der Waals surface area contributed by atoms with E-state index >= 15 is 0 Å². The van der Waals surface area contributed by atoms with Crippen molar-refractivity contribution in [2.24, 2.45) is 0 Å². The van der Waals surface area contributed by atoms with E-state index in [4.69, 9.17) is 0 Å². The fourth-order valence-electron chi connectivity index (χ4n) is 2.66. The Bertz CT molecular complexity index is 560. The molecule has 0 aliphatic carbocycles. The predicted octanol–water partition coefficient (Wildman–Crippen LogP) is 4.08. The van der Waals surface area contributed by atoms with E-state index < -0.39 is 0 Å². The molecule has 0 fully saturated rings. The van der Waals surface area contributed by atoms with Crippen molar-refractivity contribution in [1.82, 2.24) is 0 Å². The Balaban J connectivity index is 2.06. The first kappa shape index (κ1) is 11.3. The molecule has 1 unspecified atom stereocenters. The minimum atomic E-state index is -0.149. The van der Waals surface area contributed by atoms with Crippen LogP contribution < -0.4 is 5.32 Å². The average molecular weight is 241 g/mol. The fraction of sp³-hybridized carbons (Fsp3) is 0.250. The zero-order valence-electron chi connectivity index (χ0n) is 10.4. The molecule has 2 aromatic rings. The maximum absolute atomic E-state index is 13.8. The second-order valence-corrected chi connectivity index (χ2v) is 4.88. The second-order valence-electron chi connectivity index (χ2n) is 4.88. The van der Waals surface area contributed by atoms with Gasteiger partial charge in [-0.05, 0) is 30.5 Å². The first-order valence-corrected chi connectivity index (χ1v) is 6.34. The number of fused-ring (bicyclic) bond motifs is 1. The maximum Gasteiger partial charge on any atom is 0.146 e. The first-order chi connectivity index (χ1) is 8.75. The summed E-state index contributed by atoms with van der Waals surface area (Å²) in [5.41, 5.74) is 4.28. The summed E-state index contributed by atoms with van der Waals surface area (Å²) in [5.74, 6) is 0.155. The highest BCUT2D eigenvalue weighted by Crippen LogP contribution is 2.37. The maximum atomic E-state index is 13.8. The van der Waals surface area contributed by atoms with Crippen molar-refractivity contribution in [2.45, 2.75) is 19.3 Å². The molecular weight excluding hydrogens is 225 g/mol. The molecule has 0 aromatic heterocycles. The third kappa shape index (κ3) is 1.88. The van der Waals surface area contributed by atoms with Crippen LogP contribution in [0.15, 0.2) is 42.5 Å². The van der Waals surface area contributed by atoms with Crippen LogP contribution in [0.4, 0.5) is 10.1 Å². The highest BCUT2D eigenvalue weighted by atomic mass is 19.1. The smallest absolute Gasteiger partial charge is 0.146 e. The second kappa shape index (κ2) is 4.45. The zero-order valence-corrected chi connectivity index (χ0v) is 10.4. The number of rotatable bonds is 1. The SMILES string of the molecule is Cc1ccc(C2CCNc3c(F)cccc32)cc1. The van der Waals surface area contributed by atoms with Crippen LogP contribution in [-0.2, 0) is 0 Å². The fourth-order valence-corrected chi connectivity index (χ4v) is 2.66. The quantitative estimate of drug-likeness (QED) is 0.793. The number of para-hydroxylation sites is 1. The molecule has 0 amide bonds. The zero-order chi connectivity index (χ0) is 12.5. The molecular formula is C16H16FN. The molecule has 0 bridgehead atoms. The highest BCUT2D eigenvalue weighted by molar-refractivity contribution is 5.58. The molecule has 1 aliphatic rings. The van der Waals surface area contributed by atoms with Gasteiger partial charge >= 0.3 is 0 Å². The van der Waals surface area contributed by atoms with Crippen molar-refractivity contribution in [1.29, 1.82) is 0 Å². The van der Waals surface area contributed by atoms with Crippen molar-refractivity contribution in [3.63, 3.8) is 0 Å². The van der Waals surface area contributed by atoms with Gasteiger partial charge in [0.2, 0.25) is 0 Å². The Morgan fingerprint density at radius 2 is 1.89 bits per heavy atom. The number of hydrogen-bond acceptors (Lipinski definition) is 1. The molecule has 1 nitrogen and oxygen atoms in total. The molecule has 3 rings (SSSR count). The molecule has 18 heavy (non-hydrogen) atoms. The average Bonchev–Trinajstić information content (AvgIpc) is 2.40. The normalized spacial score (nSPS) is 18.0. The monoisotopic (exact) mass is 241 g/mol. The van der Waals surface area contributed by atoms with Gasteiger partial charge in [0.1, 0.15) is 5.82 Å². The molecule has 0 saturated carbocycles. The van der Waals surface area contributed by atoms with Crippen LogP contribution in [-0.4, -0.2) is 6.54 Å². The van der Waals surface area contributed by atoms with Crippen molar-refractivity contribution in [3.8, 4) is 0 Å². The van der Waals surface area contributed by atoms with E-state index in [0.717, 1.165) is 18.5 Å². The van der Waals surface area contributed by atoms with Gasteiger partial charge < -0.3 is 5.32 Å². The standard InChI is InChI=1S/C16H16FN/c1-11-5-7-12(8-6-11)13-9-10-18-16-14(13)3-2-4-15(16)17/h2-8,13,18H,9-10H2,1H3. The minimum Gasteiger partial charge on any atom is -0.382 e. The number of benzene rings is 2. The number of hydrogen-bond donors (Lipinski definition) is 1. The molecule has 2 heteroatoms. The molecule has 1 atom stereocenters. The molecule has 0 saturated heterocycles. The van der Waals surface area contributed by atoms with Gasteiger partial charge in [-0.25, -0.2) is 4.39 Å². The lowest BCUT2D eigenvalue weighted by Gasteiger charge is -2.27. The molecule has 1 N–H and O–H groups in total. The van der Waals surface area contributed by atoms with Crippen molar-refractivity contribution in [3.05, 3.63) is 65.0 Å². The summed E-state index contributed by atoms with van der Waals surface area (Å²) in [6.07, 6.45) is 1.01. The van der Waals surface area contributed by atoms with E-state index in [2.05, 4.69) is 36.5 Å². The van der Waals surface area contributed by atoms with Gasteiger partial charge in [-0.3, -0.25) is 0 Å². The Morgan fingerprint density at radius 3 is 2.67 bits per heavy atom. The lowest BCUT2D eigenvalue weighted by Crippen LogP contribution is -2.18. The summed E-state index contributed by atoms with van der Waals surface area (Å²) in [4.78, 5) is 0. The van der Waals surface area contributed by atoms with Crippen LogP contribution in [0.3, 0.4) is 0 Å². The summed E-state index contributed by atoms with van der Waals surface area (Å²) in [6.45, 7) is 2.91. The van der Waals surface area contributed by atoms with Crippen molar-refractivity contribution in [2.75, 3.05) is 11.9 Å². The highest BCUT2D eigenvalue weighted by Gasteiger charge is 2.23. The van der Waals surface area contributed by atoms with E-state index in [1.807, 2.05) is 6.07 Å². The molecule has 0 spiro atoms. The largest absolute Gasteiger partial charge is 0.382 e. The molecule has 0 radical (unpaired) electrons. The third-order valence-corrected chi connectivity index (χ3v) is 3.64. The first-order valence-electron chi connectivity index (χ1n) is 6.34. The van der Waals surface area contributed by atoms with Gasteiger partial charge in [-0.2, -0.15) is 0 Å². The van der Waals surface area contributed by atoms with E-state index in [0.29, 0.717) is 11.6 Å². The predicted molar refractivity (Wildman–Crippen MR) is 72.5 cm³/mol. The topological polar surface area (TPSA) is 12.0 Å². The van der Waals surface area contributed by atoms with Crippen LogP contribution in [0.1, 0.15) is 29.0 Å². The van der Waals surface area contributed by atoms with E-state index in [-0.39, 0.29) is 5.82 Å². The van der Waals surface area contributed by atoms with Crippen molar-refractivity contribution >= 4 is 5.69 Å². The third-order valence-electron chi connectivity index (χ3n) is 3.64. The Labute approximate surface area is 107 Å². The lowest BCUT2D eigenvalue weighted by molar-refractivity contribution is 0.614. The van der Waals surface area contributed by atoms with E-state index in [9.17, 15) is 4.39 Å². The summed E-state index contributed by atoms with van der Waals surface area (Å²) in [7, 11) is 0. The van der Waals surface area contributed by atoms with Gasteiger partial charge in [0.25, 0.3) is 0 Å². The number of aryl methyl sites for hydroxylation is 1. The van der Waals surface area contributed by atoms with Crippen molar-refractivity contribution < 1.29 is 4.39 Å².